The van der Waals surface area contributed by atoms with Crippen molar-refractivity contribution in [2.75, 3.05) is 26.7 Å². The van der Waals surface area contributed by atoms with E-state index in [-0.39, 0.29) is 25.7 Å². The fourth-order valence-electron chi connectivity index (χ4n) is 2.55. The number of hydrogen-bond donors (Lipinski definition) is 0. The summed E-state index contributed by atoms with van der Waals surface area (Å²) in [4.78, 5) is 11.6. The van der Waals surface area contributed by atoms with Gasteiger partial charge in [-0.05, 0) is 19.8 Å². The quantitative estimate of drug-likeness (QED) is 0.503. The van der Waals surface area contributed by atoms with Crippen LogP contribution in [0.15, 0.2) is 12.7 Å². The third-order valence-corrected chi connectivity index (χ3v) is 5.68. The van der Waals surface area contributed by atoms with Crippen LogP contribution in [0.2, 0.25) is 0 Å². The predicted molar refractivity (Wildman–Crippen MR) is 82.0 cm³/mol. The van der Waals surface area contributed by atoms with Gasteiger partial charge in [0, 0.05) is 19.6 Å². The lowest BCUT2D eigenvalue weighted by molar-refractivity contribution is -0.143. The number of rotatable bonds is 8. The molecule has 1 rings (SSSR count). The van der Waals surface area contributed by atoms with Crippen LogP contribution >= 0.6 is 0 Å². The summed E-state index contributed by atoms with van der Waals surface area (Å²) in [5.74, 6) is -0.542. The summed E-state index contributed by atoms with van der Waals surface area (Å²) in [5.41, 5.74) is 0. The lowest BCUT2D eigenvalue weighted by Gasteiger charge is -2.33. The van der Waals surface area contributed by atoms with Crippen molar-refractivity contribution >= 4 is 16.2 Å². The Morgan fingerprint density at radius 1 is 1.33 bits per heavy atom. The monoisotopic (exact) mass is 318 g/mol. The topological polar surface area (TPSA) is 66.9 Å². The molecule has 0 aromatic carbocycles. The molecule has 0 amide bonds. The molecule has 1 saturated carbocycles. The molecule has 1 fully saturated rings. The van der Waals surface area contributed by atoms with Crippen molar-refractivity contribution in [3.63, 3.8) is 0 Å². The number of carbonyl (C=O) groups excluding carboxylic acids is 1. The Balaban J connectivity index is 2.81. The highest BCUT2D eigenvalue weighted by molar-refractivity contribution is 7.86. The second-order valence-corrected chi connectivity index (χ2v) is 7.19. The molecule has 0 spiro atoms. The van der Waals surface area contributed by atoms with Gasteiger partial charge in [-0.15, -0.1) is 6.58 Å². The summed E-state index contributed by atoms with van der Waals surface area (Å²) in [6, 6.07) is 0.0123. The Bertz CT molecular complexity index is 444. The average molecular weight is 318 g/mol. The first-order valence-corrected chi connectivity index (χ1v) is 8.82. The highest BCUT2D eigenvalue weighted by Gasteiger charge is 2.33. The second kappa shape index (κ2) is 8.51. The molecule has 21 heavy (non-hydrogen) atoms. The Kier molecular flexibility index (Phi) is 7.34. The van der Waals surface area contributed by atoms with E-state index in [0.29, 0.717) is 0 Å². The molecule has 0 bridgehead atoms. The largest absolute Gasteiger partial charge is 0.465 e. The van der Waals surface area contributed by atoms with Gasteiger partial charge < -0.3 is 4.74 Å². The van der Waals surface area contributed by atoms with Gasteiger partial charge in [-0.25, -0.2) is 0 Å². The summed E-state index contributed by atoms with van der Waals surface area (Å²) in [6.07, 6.45) is 6.47. The van der Waals surface area contributed by atoms with E-state index >= 15 is 0 Å². The van der Waals surface area contributed by atoms with Crippen LogP contribution < -0.4 is 0 Å². The van der Waals surface area contributed by atoms with Gasteiger partial charge in [0.05, 0.1) is 6.61 Å². The minimum absolute atomic E-state index is 0.0123. The molecular weight excluding hydrogens is 292 g/mol. The minimum Gasteiger partial charge on any atom is -0.465 e. The van der Waals surface area contributed by atoms with Crippen molar-refractivity contribution in [2.24, 2.45) is 0 Å². The summed E-state index contributed by atoms with van der Waals surface area (Å²) in [7, 11) is -2.09. The number of nitrogens with zero attached hydrogens (tertiary/aromatic N) is 2. The van der Waals surface area contributed by atoms with E-state index in [0.717, 1.165) is 36.4 Å². The first-order valence-electron chi connectivity index (χ1n) is 7.43. The number of ether oxygens (including phenoxy) is 1. The van der Waals surface area contributed by atoms with Gasteiger partial charge >= 0.3 is 5.97 Å². The van der Waals surface area contributed by atoms with Crippen molar-refractivity contribution in [1.82, 2.24) is 8.61 Å². The standard InChI is InChI=1S/C14H26N2O4S/c1-4-11-16(12-14(17)20-5-2)21(18,19)15(3)13-9-7-6-8-10-13/h4,13H,1,5-12H2,2-3H3. The number of esters is 1. The molecular formula is C14H26N2O4S. The van der Waals surface area contributed by atoms with Crippen LogP contribution in [0.5, 0.6) is 0 Å². The normalized spacial score (nSPS) is 17.1. The lowest BCUT2D eigenvalue weighted by atomic mass is 9.96. The zero-order chi connectivity index (χ0) is 15.9. The van der Waals surface area contributed by atoms with Gasteiger partial charge in [0.25, 0.3) is 10.2 Å². The van der Waals surface area contributed by atoms with E-state index in [1.165, 1.54) is 10.4 Å². The van der Waals surface area contributed by atoms with Crippen LogP contribution in [0.25, 0.3) is 0 Å². The average Bonchev–Trinajstić information content (AvgIpc) is 2.47. The lowest BCUT2D eigenvalue weighted by Crippen LogP contribution is -2.48. The van der Waals surface area contributed by atoms with E-state index in [1.807, 2.05) is 0 Å². The summed E-state index contributed by atoms with van der Waals surface area (Å²) < 4.78 is 32.7. The van der Waals surface area contributed by atoms with Crippen molar-refractivity contribution in [3.8, 4) is 0 Å². The molecule has 0 heterocycles. The van der Waals surface area contributed by atoms with Crippen LogP contribution in [0.3, 0.4) is 0 Å². The summed E-state index contributed by atoms with van der Waals surface area (Å²) >= 11 is 0. The van der Waals surface area contributed by atoms with Crippen molar-refractivity contribution in [2.45, 2.75) is 45.1 Å². The van der Waals surface area contributed by atoms with Crippen LogP contribution in [0, 0.1) is 0 Å². The Morgan fingerprint density at radius 3 is 2.48 bits per heavy atom. The molecule has 0 N–H and O–H groups in total. The van der Waals surface area contributed by atoms with Crippen molar-refractivity contribution in [3.05, 3.63) is 12.7 Å². The Hall–Kier alpha value is -0.920. The highest BCUT2D eigenvalue weighted by atomic mass is 32.2. The SMILES string of the molecule is C=CCN(CC(=O)OCC)S(=O)(=O)N(C)C1CCCCC1. The maximum atomic E-state index is 12.7. The Morgan fingerprint density at radius 2 is 1.95 bits per heavy atom. The number of carbonyl (C=O) groups is 1. The fraction of sp³-hybridized carbons (Fsp3) is 0.786. The van der Waals surface area contributed by atoms with E-state index in [1.54, 1.807) is 14.0 Å². The maximum Gasteiger partial charge on any atom is 0.321 e. The maximum absolute atomic E-state index is 12.7. The van der Waals surface area contributed by atoms with E-state index in [2.05, 4.69) is 6.58 Å². The third-order valence-electron chi connectivity index (χ3n) is 3.72. The second-order valence-electron chi connectivity index (χ2n) is 5.20. The van der Waals surface area contributed by atoms with Crippen LogP contribution in [-0.4, -0.2) is 55.8 Å². The molecule has 0 unspecified atom stereocenters. The van der Waals surface area contributed by atoms with E-state index in [9.17, 15) is 13.2 Å². The fourth-order valence-corrected chi connectivity index (χ4v) is 4.06. The van der Waals surface area contributed by atoms with Crippen molar-refractivity contribution < 1.29 is 17.9 Å². The van der Waals surface area contributed by atoms with Gasteiger partial charge in [-0.2, -0.15) is 17.0 Å². The predicted octanol–water partition coefficient (Wildman–Crippen LogP) is 1.55. The van der Waals surface area contributed by atoms with Gasteiger partial charge in [-0.3, -0.25) is 4.79 Å². The molecule has 0 aromatic rings. The molecule has 0 atom stereocenters. The molecule has 7 heteroatoms. The van der Waals surface area contributed by atoms with Gasteiger partial charge in [-0.1, -0.05) is 25.3 Å². The summed E-state index contributed by atoms with van der Waals surface area (Å²) in [5, 5.41) is 0. The third kappa shape index (κ3) is 5.09. The number of hydrogen-bond acceptors (Lipinski definition) is 4. The molecule has 0 aliphatic heterocycles. The van der Waals surface area contributed by atoms with E-state index < -0.39 is 16.2 Å². The molecule has 1 aliphatic rings. The first kappa shape index (κ1) is 18.1. The van der Waals surface area contributed by atoms with Crippen LogP contribution in [0.4, 0.5) is 0 Å². The molecule has 0 radical (unpaired) electrons. The van der Waals surface area contributed by atoms with Crippen LogP contribution in [-0.2, 0) is 19.7 Å². The molecule has 122 valence electrons. The zero-order valence-corrected chi connectivity index (χ0v) is 13.8. The zero-order valence-electron chi connectivity index (χ0n) is 13.0. The summed E-state index contributed by atoms with van der Waals surface area (Å²) in [6.45, 7) is 5.31. The van der Waals surface area contributed by atoms with Gasteiger partial charge in [0.15, 0.2) is 0 Å². The smallest absolute Gasteiger partial charge is 0.321 e. The van der Waals surface area contributed by atoms with Gasteiger partial charge in [0.1, 0.15) is 6.54 Å². The minimum atomic E-state index is -3.68. The Labute approximate surface area is 127 Å². The molecule has 6 nitrogen and oxygen atoms in total. The van der Waals surface area contributed by atoms with Crippen LogP contribution in [0.1, 0.15) is 39.0 Å². The first-order chi connectivity index (χ1) is 9.93. The highest BCUT2D eigenvalue weighted by Crippen LogP contribution is 2.24. The van der Waals surface area contributed by atoms with Crippen molar-refractivity contribution in [1.29, 1.82) is 0 Å². The van der Waals surface area contributed by atoms with E-state index in [4.69, 9.17) is 4.74 Å². The molecule has 0 saturated heterocycles. The van der Waals surface area contributed by atoms with Gasteiger partial charge in [0.2, 0.25) is 0 Å². The molecule has 1 aliphatic carbocycles. The molecule has 0 aromatic heterocycles.